The Balaban J connectivity index is 1.77. The molecule has 0 radical (unpaired) electrons. The molecule has 2 aliphatic heterocycles. The maximum atomic E-state index is 13.6. The van der Waals surface area contributed by atoms with E-state index in [1.165, 1.54) is 17.0 Å². The fourth-order valence-electron chi connectivity index (χ4n) is 4.62. The quantitative estimate of drug-likeness (QED) is 0.392. The van der Waals surface area contributed by atoms with Crippen LogP contribution in [-0.4, -0.2) is 58.9 Å². The average Bonchev–Trinajstić information content (AvgIpc) is 3.30. The summed E-state index contributed by atoms with van der Waals surface area (Å²) >= 11 is 0. The molecule has 4 rings (SSSR count). The molecule has 2 aliphatic rings. The van der Waals surface area contributed by atoms with Gasteiger partial charge in [0, 0.05) is 25.1 Å². The Bertz CT molecular complexity index is 1090. The van der Waals surface area contributed by atoms with Crippen molar-refractivity contribution in [2.75, 3.05) is 26.2 Å². The molecule has 1 fully saturated rings. The Morgan fingerprint density at radius 1 is 1.15 bits per heavy atom. The Morgan fingerprint density at radius 2 is 1.85 bits per heavy atom. The predicted molar refractivity (Wildman–Crippen MR) is 123 cm³/mol. The number of nitrogens with zero attached hydrogens (tertiary/aromatic N) is 2. The molecule has 6 nitrogen and oxygen atoms in total. The summed E-state index contributed by atoms with van der Waals surface area (Å²) in [6.07, 6.45) is 0.748. The summed E-state index contributed by atoms with van der Waals surface area (Å²) in [5, 5.41) is 11.2. The summed E-state index contributed by atoms with van der Waals surface area (Å²) in [4.78, 5) is 29.8. The lowest BCUT2D eigenvalue weighted by Crippen LogP contribution is -2.38. The van der Waals surface area contributed by atoms with Crippen molar-refractivity contribution in [2.24, 2.45) is 0 Å². The number of fused-ring (bicyclic) bond motifs is 1. The van der Waals surface area contributed by atoms with E-state index in [0.29, 0.717) is 30.6 Å². The zero-order valence-electron chi connectivity index (χ0n) is 19.2. The molecule has 2 heterocycles. The summed E-state index contributed by atoms with van der Waals surface area (Å²) in [7, 11) is 0. The van der Waals surface area contributed by atoms with Gasteiger partial charge in [0.2, 0.25) is 0 Å². The Labute approximate surface area is 193 Å². The van der Waals surface area contributed by atoms with Crippen LogP contribution in [0.4, 0.5) is 4.39 Å². The molecular formula is C26H29FN2O4. The minimum Gasteiger partial charge on any atom is -0.507 e. The van der Waals surface area contributed by atoms with Crippen LogP contribution in [0.25, 0.3) is 5.76 Å². The van der Waals surface area contributed by atoms with Gasteiger partial charge in [0.1, 0.15) is 23.4 Å². The second-order valence-electron chi connectivity index (χ2n) is 8.53. The molecule has 1 amide bonds. The fraction of sp³-hybridized carbons (Fsp3) is 0.385. The zero-order chi connectivity index (χ0) is 23.7. The number of carbonyl (C=O) groups is 2. The highest BCUT2D eigenvalue weighted by atomic mass is 19.1. The maximum Gasteiger partial charge on any atom is 0.295 e. The van der Waals surface area contributed by atoms with Gasteiger partial charge in [0.25, 0.3) is 11.7 Å². The molecule has 0 bridgehead atoms. The van der Waals surface area contributed by atoms with Crippen LogP contribution < -0.4 is 4.74 Å². The molecule has 0 aromatic heterocycles. The molecule has 2 aromatic rings. The summed E-state index contributed by atoms with van der Waals surface area (Å²) in [6.45, 7) is 8.58. The molecule has 1 saturated heterocycles. The molecule has 2 unspecified atom stereocenters. The van der Waals surface area contributed by atoms with Crippen molar-refractivity contribution >= 4 is 17.4 Å². The minimum absolute atomic E-state index is 0.0260. The van der Waals surface area contributed by atoms with Gasteiger partial charge in [-0.05, 0) is 61.5 Å². The van der Waals surface area contributed by atoms with Crippen molar-refractivity contribution in [3.05, 3.63) is 70.5 Å². The number of aliphatic hydroxyl groups excluding tert-OH is 1. The van der Waals surface area contributed by atoms with Crippen molar-refractivity contribution in [2.45, 2.75) is 39.3 Å². The topological polar surface area (TPSA) is 70.1 Å². The molecular weight excluding hydrogens is 423 g/mol. The summed E-state index contributed by atoms with van der Waals surface area (Å²) < 4.78 is 19.4. The van der Waals surface area contributed by atoms with Crippen LogP contribution in [-0.2, 0) is 16.0 Å². The van der Waals surface area contributed by atoms with Crippen molar-refractivity contribution in [1.29, 1.82) is 0 Å². The highest BCUT2D eigenvalue weighted by Gasteiger charge is 2.46. The van der Waals surface area contributed by atoms with Gasteiger partial charge in [-0.15, -0.1) is 0 Å². The van der Waals surface area contributed by atoms with E-state index in [1.54, 1.807) is 30.3 Å². The van der Waals surface area contributed by atoms with Crippen molar-refractivity contribution in [1.82, 2.24) is 9.80 Å². The van der Waals surface area contributed by atoms with Gasteiger partial charge < -0.3 is 19.6 Å². The Kier molecular flexibility index (Phi) is 6.51. The number of halogens is 1. The van der Waals surface area contributed by atoms with Crippen molar-refractivity contribution in [3.8, 4) is 5.75 Å². The Morgan fingerprint density at radius 3 is 2.52 bits per heavy atom. The van der Waals surface area contributed by atoms with E-state index in [0.717, 1.165) is 24.4 Å². The van der Waals surface area contributed by atoms with E-state index in [2.05, 4.69) is 4.90 Å². The van der Waals surface area contributed by atoms with Gasteiger partial charge in [0.05, 0.1) is 11.6 Å². The molecule has 2 atom stereocenters. The number of aliphatic hydroxyl groups is 1. The number of benzene rings is 2. The number of likely N-dealkylation sites (N-methyl/N-ethyl adjacent to an activating group) is 1. The lowest BCUT2D eigenvalue weighted by Gasteiger charge is -2.28. The number of hydrogen-bond donors (Lipinski definition) is 1. The largest absolute Gasteiger partial charge is 0.507 e. The lowest BCUT2D eigenvalue weighted by atomic mass is 9.94. The first-order valence-corrected chi connectivity index (χ1v) is 11.4. The number of hydrogen-bond acceptors (Lipinski definition) is 5. The first-order valence-electron chi connectivity index (χ1n) is 11.4. The van der Waals surface area contributed by atoms with Crippen molar-refractivity contribution < 1.29 is 23.8 Å². The van der Waals surface area contributed by atoms with Crippen LogP contribution in [0.3, 0.4) is 0 Å². The SMILES string of the molecule is CCN(CC)CCN1C(=O)C(=O)/C(=C(/O)c2ccc3c(c2)CC(C)O3)C1c1ccc(F)cc1. The molecule has 2 aromatic carbocycles. The highest BCUT2D eigenvalue weighted by Crippen LogP contribution is 2.40. The molecule has 0 saturated carbocycles. The standard InChI is InChI=1S/C26H29FN2O4/c1-4-28(5-2)12-13-29-23(17-6-9-20(27)10-7-17)22(25(31)26(29)32)24(30)18-8-11-21-19(15-18)14-16(3)33-21/h6-11,15-16,23,30H,4-5,12-14H2,1-3H3/b24-22+. The van der Waals surface area contributed by atoms with Crippen LogP contribution in [0.15, 0.2) is 48.0 Å². The predicted octanol–water partition coefficient (Wildman–Crippen LogP) is 3.91. The number of ether oxygens (including phenoxy) is 1. The van der Waals surface area contributed by atoms with Gasteiger partial charge in [-0.3, -0.25) is 9.59 Å². The minimum atomic E-state index is -0.787. The van der Waals surface area contributed by atoms with Crippen molar-refractivity contribution in [3.63, 3.8) is 0 Å². The maximum absolute atomic E-state index is 13.6. The van der Waals surface area contributed by atoms with E-state index >= 15 is 0 Å². The lowest BCUT2D eigenvalue weighted by molar-refractivity contribution is -0.140. The number of carbonyl (C=O) groups excluding carboxylic acids is 2. The summed E-state index contributed by atoms with van der Waals surface area (Å²) in [5.41, 5.74) is 2.01. The second-order valence-corrected chi connectivity index (χ2v) is 8.53. The van der Waals surface area contributed by atoms with Crippen LogP contribution in [0.5, 0.6) is 5.75 Å². The van der Waals surface area contributed by atoms with Crippen LogP contribution in [0, 0.1) is 5.82 Å². The first kappa shape index (κ1) is 23.0. The van der Waals surface area contributed by atoms with Gasteiger partial charge in [-0.1, -0.05) is 26.0 Å². The second kappa shape index (κ2) is 9.35. The molecule has 174 valence electrons. The zero-order valence-corrected chi connectivity index (χ0v) is 19.2. The van der Waals surface area contributed by atoms with E-state index in [1.807, 2.05) is 20.8 Å². The van der Waals surface area contributed by atoms with Gasteiger partial charge in [0.15, 0.2) is 0 Å². The number of likely N-dealkylation sites (tertiary alicyclic amines) is 1. The third-order valence-corrected chi connectivity index (χ3v) is 6.45. The molecule has 0 spiro atoms. The van der Waals surface area contributed by atoms with Gasteiger partial charge >= 0.3 is 0 Å². The van der Waals surface area contributed by atoms with E-state index in [-0.39, 0.29) is 17.4 Å². The molecule has 0 aliphatic carbocycles. The van der Waals surface area contributed by atoms with Crippen LogP contribution in [0.1, 0.15) is 43.5 Å². The van der Waals surface area contributed by atoms with Crippen LogP contribution >= 0.6 is 0 Å². The summed E-state index contributed by atoms with van der Waals surface area (Å²) in [6, 6.07) is 10.2. The Hall–Kier alpha value is -3.19. The third kappa shape index (κ3) is 4.37. The number of Topliss-reactive ketones (excluding diaryl/α,β-unsaturated/α-hetero) is 1. The fourth-order valence-corrected chi connectivity index (χ4v) is 4.62. The monoisotopic (exact) mass is 452 g/mol. The van der Waals surface area contributed by atoms with E-state index in [9.17, 15) is 19.1 Å². The highest BCUT2D eigenvalue weighted by molar-refractivity contribution is 6.46. The average molecular weight is 453 g/mol. The third-order valence-electron chi connectivity index (χ3n) is 6.45. The first-order chi connectivity index (χ1) is 15.8. The van der Waals surface area contributed by atoms with E-state index < -0.39 is 23.5 Å². The van der Waals surface area contributed by atoms with Gasteiger partial charge in [-0.2, -0.15) is 0 Å². The number of amides is 1. The van der Waals surface area contributed by atoms with Gasteiger partial charge in [-0.25, -0.2) is 4.39 Å². The van der Waals surface area contributed by atoms with E-state index in [4.69, 9.17) is 4.74 Å². The smallest absolute Gasteiger partial charge is 0.295 e. The number of rotatable bonds is 7. The number of ketones is 1. The summed E-state index contributed by atoms with van der Waals surface area (Å²) in [5.74, 6) is -1.27. The van der Waals surface area contributed by atoms with Crippen LogP contribution in [0.2, 0.25) is 0 Å². The molecule has 7 heteroatoms. The normalized spacial score (nSPS) is 21.5. The molecule has 1 N–H and O–H groups in total. The molecule has 33 heavy (non-hydrogen) atoms.